The van der Waals surface area contributed by atoms with Crippen LogP contribution in [-0.2, 0) is 6.67 Å². The minimum Gasteiger partial charge on any atom is -0.456 e. The highest BCUT2D eigenvalue weighted by atomic mass is 19.1. The van der Waals surface area contributed by atoms with E-state index in [2.05, 4.69) is 0 Å². The maximum atomic E-state index is 12.4. The highest BCUT2D eigenvalue weighted by Crippen LogP contribution is 2.27. The van der Waals surface area contributed by atoms with Crippen molar-refractivity contribution < 1.29 is 8.81 Å². The molecule has 0 saturated carbocycles. The Labute approximate surface area is 98.5 Å². The summed E-state index contributed by atoms with van der Waals surface area (Å²) < 4.78 is 18.1. The van der Waals surface area contributed by atoms with Gasteiger partial charge in [-0.05, 0) is 17.7 Å². The molecule has 0 fully saturated rings. The van der Waals surface area contributed by atoms with Crippen LogP contribution in [0.25, 0.3) is 22.3 Å². The number of halogens is 1. The molecule has 0 saturated heterocycles. The van der Waals surface area contributed by atoms with E-state index in [9.17, 15) is 4.39 Å². The average molecular weight is 226 g/mol. The normalized spacial score (nSPS) is 10.9. The number of rotatable bonds is 2. The van der Waals surface area contributed by atoms with Crippen LogP contribution in [0, 0.1) is 0 Å². The van der Waals surface area contributed by atoms with Crippen molar-refractivity contribution in [2.75, 3.05) is 0 Å². The van der Waals surface area contributed by atoms with Gasteiger partial charge >= 0.3 is 0 Å². The molecular weight excluding hydrogens is 215 g/mol. The third-order valence-corrected chi connectivity index (χ3v) is 2.82. The Bertz CT molecular complexity index is 604. The van der Waals surface area contributed by atoms with Crippen LogP contribution in [0.1, 0.15) is 5.56 Å². The quantitative estimate of drug-likeness (QED) is 0.623. The number of hydrogen-bond donors (Lipinski definition) is 0. The fourth-order valence-corrected chi connectivity index (χ4v) is 1.88. The van der Waals surface area contributed by atoms with Crippen LogP contribution < -0.4 is 0 Å². The zero-order chi connectivity index (χ0) is 11.7. The summed E-state index contributed by atoms with van der Waals surface area (Å²) in [4.78, 5) is 0. The molecule has 0 N–H and O–H groups in total. The Kier molecular flexibility index (Phi) is 2.41. The standard InChI is InChI=1S/C15H11FO/c16-10-11-5-7-12(8-6-11)15-9-13-3-1-2-4-14(13)17-15/h1-9H,10H2. The van der Waals surface area contributed by atoms with E-state index in [1.54, 1.807) is 12.1 Å². The summed E-state index contributed by atoms with van der Waals surface area (Å²) >= 11 is 0. The van der Waals surface area contributed by atoms with E-state index in [1.807, 2.05) is 42.5 Å². The van der Waals surface area contributed by atoms with Crippen LogP contribution in [0.15, 0.2) is 59.0 Å². The topological polar surface area (TPSA) is 13.1 Å². The first kappa shape index (κ1) is 10.1. The molecule has 3 aromatic rings. The molecule has 0 spiro atoms. The second-order valence-corrected chi connectivity index (χ2v) is 3.98. The molecule has 0 atom stereocenters. The van der Waals surface area contributed by atoms with Crippen LogP contribution in [0.3, 0.4) is 0 Å². The Hall–Kier alpha value is -2.09. The van der Waals surface area contributed by atoms with Crippen molar-refractivity contribution in [1.82, 2.24) is 0 Å². The molecule has 0 aliphatic rings. The molecule has 1 heterocycles. The minimum atomic E-state index is -0.430. The van der Waals surface area contributed by atoms with Crippen LogP contribution in [-0.4, -0.2) is 0 Å². The lowest BCUT2D eigenvalue weighted by atomic mass is 10.1. The first-order chi connectivity index (χ1) is 8.36. The SMILES string of the molecule is FCc1ccc(-c2cc3ccccc3o2)cc1. The minimum absolute atomic E-state index is 0.430. The molecule has 3 rings (SSSR count). The van der Waals surface area contributed by atoms with Gasteiger partial charge in [0.25, 0.3) is 0 Å². The maximum absolute atomic E-state index is 12.4. The number of hydrogen-bond acceptors (Lipinski definition) is 1. The predicted molar refractivity (Wildman–Crippen MR) is 66.5 cm³/mol. The van der Waals surface area contributed by atoms with Crippen molar-refractivity contribution in [2.24, 2.45) is 0 Å². The number of benzene rings is 2. The summed E-state index contributed by atoms with van der Waals surface area (Å²) in [5, 5.41) is 1.08. The van der Waals surface area contributed by atoms with E-state index in [4.69, 9.17) is 4.42 Å². The third kappa shape index (κ3) is 1.82. The Morgan fingerprint density at radius 3 is 2.41 bits per heavy atom. The van der Waals surface area contributed by atoms with Crippen molar-refractivity contribution in [3.8, 4) is 11.3 Å². The molecule has 0 aliphatic heterocycles. The largest absolute Gasteiger partial charge is 0.456 e. The number of para-hydroxylation sites is 1. The lowest BCUT2D eigenvalue weighted by Crippen LogP contribution is -1.78. The molecule has 0 radical (unpaired) electrons. The molecule has 1 aromatic heterocycles. The monoisotopic (exact) mass is 226 g/mol. The zero-order valence-electron chi connectivity index (χ0n) is 9.19. The number of furan rings is 1. The van der Waals surface area contributed by atoms with Gasteiger partial charge in [0.15, 0.2) is 0 Å². The maximum Gasteiger partial charge on any atom is 0.135 e. The van der Waals surface area contributed by atoms with Gasteiger partial charge in [-0.2, -0.15) is 0 Å². The molecule has 0 aliphatic carbocycles. The van der Waals surface area contributed by atoms with Gasteiger partial charge in [0.1, 0.15) is 18.0 Å². The van der Waals surface area contributed by atoms with E-state index < -0.39 is 6.67 Å². The fourth-order valence-electron chi connectivity index (χ4n) is 1.88. The highest BCUT2D eigenvalue weighted by molar-refractivity contribution is 5.82. The van der Waals surface area contributed by atoms with Gasteiger partial charge in [0.2, 0.25) is 0 Å². The summed E-state index contributed by atoms with van der Waals surface area (Å²) in [5.74, 6) is 0.816. The van der Waals surface area contributed by atoms with Crippen molar-refractivity contribution in [3.63, 3.8) is 0 Å². The summed E-state index contributed by atoms with van der Waals surface area (Å²) in [6.07, 6.45) is 0. The highest BCUT2D eigenvalue weighted by Gasteiger charge is 2.05. The first-order valence-electron chi connectivity index (χ1n) is 5.51. The van der Waals surface area contributed by atoms with Gasteiger partial charge in [-0.15, -0.1) is 0 Å². The van der Waals surface area contributed by atoms with Crippen molar-refractivity contribution in [3.05, 3.63) is 60.2 Å². The molecule has 0 bridgehead atoms. The van der Waals surface area contributed by atoms with Crippen LogP contribution in [0.4, 0.5) is 4.39 Å². The first-order valence-corrected chi connectivity index (χ1v) is 5.51. The second-order valence-electron chi connectivity index (χ2n) is 3.98. The summed E-state index contributed by atoms with van der Waals surface area (Å²) in [6.45, 7) is -0.430. The van der Waals surface area contributed by atoms with E-state index in [1.165, 1.54) is 0 Å². The molecule has 0 unspecified atom stereocenters. The molecule has 2 aromatic carbocycles. The van der Waals surface area contributed by atoms with E-state index in [0.29, 0.717) is 5.56 Å². The van der Waals surface area contributed by atoms with Gasteiger partial charge in [0, 0.05) is 10.9 Å². The summed E-state index contributed by atoms with van der Waals surface area (Å²) in [5.41, 5.74) is 2.53. The number of alkyl halides is 1. The summed E-state index contributed by atoms with van der Waals surface area (Å²) in [6, 6.07) is 17.2. The van der Waals surface area contributed by atoms with Gasteiger partial charge in [-0.25, -0.2) is 4.39 Å². The zero-order valence-corrected chi connectivity index (χ0v) is 9.19. The van der Waals surface area contributed by atoms with Gasteiger partial charge in [-0.1, -0.05) is 42.5 Å². The second kappa shape index (κ2) is 4.06. The Morgan fingerprint density at radius 2 is 1.71 bits per heavy atom. The Balaban J connectivity index is 2.07. The molecule has 84 valence electrons. The van der Waals surface area contributed by atoms with Gasteiger partial charge < -0.3 is 4.42 Å². The van der Waals surface area contributed by atoms with Crippen LogP contribution in [0.2, 0.25) is 0 Å². The van der Waals surface area contributed by atoms with Crippen LogP contribution >= 0.6 is 0 Å². The molecule has 17 heavy (non-hydrogen) atoms. The molecular formula is C15H11FO. The molecule has 0 amide bonds. The Morgan fingerprint density at radius 1 is 0.941 bits per heavy atom. The smallest absolute Gasteiger partial charge is 0.135 e. The van der Waals surface area contributed by atoms with Crippen molar-refractivity contribution in [2.45, 2.75) is 6.67 Å². The van der Waals surface area contributed by atoms with Gasteiger partial charge in [0.05, 0.1) is 0 Å². The molecule has 2 heteroatoms. The van der Waals surface area contributed by atoms with E-state index >= 15 is 0 Å². The lowest BCUT2D eigenvalue weighted by molar-refractivity contribution is 0.485. The van der Waals surface area contributed by atoms with Crippen molar-refractivity contribution in [1.29, 1.82) is 0 Å². The van der Waals surface area contributed by atoms with Gasteiger partial charge in [-0.3, -0.25) is 0 Å². The average Bonchev–Trinajstić information content (AvgIpc) is 2.82. The third-order valence-electron chi connectivity index (χ3n) is 2.82. The van der Waals surface area contributed by atoms with E-state index in [0.717, 1.165) is 22.3 Å². The van der Waals surface area contributed by atoms with Crippen LogP contribution in [0.5, 0.6) is 0 Å². The summed E-state index contributed by atoms with van der Waals surface area (Å²) in [7, 11) is 0. The van der Waals surface area contributed by atoms with E-state index in [-0.39, 0.29) is 0 Å². The predicted octanol–water partition coefficient (Wildman–Crippen LogP) is 4.57. The van der Waals surface area contributed by atoms with Crippen molar-refractivity contribution >= 4 is 11.0 Å². The molecule has 1 nitrogen and oxygen atoms in total. The fraction of sp³-hybridized carbons (Fsp3) is 0.0667. The lowest BCUT2D eigenvalue weighted by Gasteiger charge is -1.97. The number of fused-ring (bicyclic) bond motifs is 1.